The van der Waals surface area contributed by atoms with Crippen LogP contribution in [0.2, 0.25) is 5.02 Å². The minimum absolute atomic E-state index is 0.205. The summed E-state index contributed by atoms with van der Waals surface area (Å²) in [4.78, 5) is 14.3. The van der Waals surface area contributed by atoms with Crippen molar-refractivity contribution >= 4 is 44.7 Å². The van der Waals surface area contributed by atoms with Crippen LogP contribution in [-0.2, 0) is 7.05 Å². The highest BCUT2D eigenvalue weighted by Crippen LogP contribution is 2.35. The molecule has 0 saturated heterocycles. The predicted octanol–water partition coefficient (Wildman–Crippen LogP) is 5.22. The molecule has 2 aromatic heterocycles. The molecule has 4 rings (SSSR count). The molecular formula is C21H18ClN3O3S. The van der Waals surface area contributed by atoms with Gasteiger partial charge < -0.3 is 14.8 Å². The van der Waals surface area contributed by atoms with Crippen LogP contribution in [0.1, 0.15) is 9.67 Å². The Kier molecular flexibility index (Phi) is 5.17. The highest BCUT2D eigenvalue weighted by atomic mass is 35.5. The number of nitrogens with zero attached hydrogens (tertiary/aromatic N) is 2. The van der Waals surface area contributed by atoms with Gasteiger partial charge in [0.2, 0.25) is 0 Å². The average Bonchev–Trinajstić information content (AvgIpc) is 3.29. The zero-order chi connectivity index (χ0) is 20.5. The number of anilines is 1. The van der Waals surface area contributed by atoms with Crippen molar-refractivity contribution < 1.29 is 14.3 Å². The zero-order valence-electron chi connectivity index (χ0n) is 16.0. The van der Waals surface area contributed by atoms with Gasteiger partial charge in [-0.1, -0.05) is 23.7 Å². The van der Waals surface area contributed by atoms with E-state index < -0.39 is 0 Å². The second kappa shape index (κ2) is 7.77. The summed E-state index contributed by atoms with van der Waals surface area (Å²) in [6, 6.07) is 14.7. The summed E-state index contributed by atoms with van der Waals surface area (Å²) in [5, 5.41) is 8.86. The van der Waals surface area contributed by atoms with Gasteiger partial charge >= 0.3 is 0 Å². The van der Waals surface area contributed by atoms with E-state index in [9.17, 15) is 4.79 Å². The Bertz CT molecular complexity index is 1220. The van der Waals surface area contributed by atoms with E-state index in [2.05, 4.69) is 10.4 Å². The van der Waals surface area contributed by atoms with Gasteiger partial charge in [0, 0.05) is 23.7 Å². The number of carbonyl (C=O) groups is 1. The summed E-state index contributed by atoms with van der Waals surface area (Å²) in [6.45, 7) is 0. The number of rotatable bonds is 5. The largest absolute Gasteiger partial charge is 0.497 e. The van der Waals surface area contributed by atoms with Crippen molar-refractivity contribution in [2.75, 3.05) is 19.5 Å². The first-order chi connectivity index (χ1) is 14.0. The molecule has 0 spiro atoms. The Morgan fingerprint density at radius 3 is 2.69 bits per heavy atom. The molecule has 0 radical (unpaired) electrons. The van der Waals surface area contributed by atoms with Crippen LogP contribution in [0.5, 0.6) is 11.5 Å². The standard InChI is InChI=1S/C21H18ClN3O3S/c1-25-21-15(19(24-25)12-5-4-6-14(9-12)27-2)11-18(29-21)20(26)23-13-7-8-17(28-3)16(22)10-13/h4-11H,1-3H3,(H,23,26). The van der Waals surface area contributed by atoms with Crippen molar-refractivity contribution in [3.63, 3.8) is 0 Å². The summed E-state index contributed by atoms with van der Waals surface area (Å²) >= 11 is 7.53. The van der Waals surface area contributed by atoms with E-state index in [1.807, 2.05) is 37.4 Å². The van der Waals surface area contributed by atoms with Gasteiger partial charge in [0.15, 0.2) is 0 Å². The fourth-order valence-corrected chi connectivity index (χ4v) is 4.30. The van der Waals surface area contributed by atoms with Crippen molar-refractivity contribution in [1.29, 1.82) is 0 Å². The summed E-state index contributed by atoms with van der Waals surface area (Å²) in [5.74, 6) is 1.11. The summed E-state index contributed by atoms with van der Waals surface area (Å²) < 4.78 is 12.2. The maximum atomic E-state index is 12.8. The number of aryl methyl sites for hydroxylation is 1. The molecular weight excluding hydrogens is 410 g/mol. The van der Waals surface area contributed by atoms with Gasteiger partial charge in [-0.3, -0.25) is 9.48 Å². The maximum absolute atomic E-state index is 12.8. The van der Waals surface area contributed by atoms with Crippen molar-refractivity contribution in [2.24, 2.45) is 7.05 Å². The number of fused-ring (bicyclic) bond motifs is 1. The number of hydrogen-bond donors (Lipinski definition) is 1. The van der Waals surface area contributed by atoms with Gasteiger partial charge in [-0.05, 0) is 36.4 Å². The number of nitrogens with one attached hydrogen (secondary N) is 1. The quantitative estimate of drug-likeness (QED) is 0.474. The number of amides is 1. The van der Waals surface area contributed by atoms with Crippen molar-refractivity contribution in [3.8, 4) is 22.8 Å². The van der Waals surface area contributed by atoms with Gasteiger partial charge in [0.25, 0.3) is 5.91 Å². The Morgan fingerprint density at radius 2 is 1.97 bits per heavy atom. The number of carbonyl (C=O) groups excluding carboxylic acids is 1. The summed E-state index contributed by atoms with van der Waals surface area (Å²) in [6.07, 6.45) is 0. The highest BCUT2D eigenvalue weighted by Gasteiger charge is 2.18. The fourth-order valence-electron chi connectivity index (χ4n) is 3.07. The molecule has 0 saturated carbocycles. The Hall–Kier alpha value is -3.03. The molecule has 2 aromatic carbocycles. The third-order valence-electron chi connectivity index (χ3n) is 4.49. The maximum Gasteiger partial charge on any atom is 0.265 e. The lowest BCUT2D eigenvalue weighted by Gasteiger charge is -2.07. The molecule has 2 heterocycles. The Balaban J connectivity index is 1.67. The highest BCUT2D eigenvalue weighted by molar-refractivity contribution is 7.20. The molecule has 4 aromatic rings. The third kappa shape index (κ3) is 3.66. The smallest absolute Gasteiger partial charge is 0.265 e. The van der Waals surface area contributed by atoms with Crippen molar-refractivity contribution in [2.45, 2.75) is 0 Å². The Morgan fingerprint density at radius 1 is 1.14 bits per heavy atom. The second-order valence-electron chi connectivity index (χ2n) is 6.34. The van der Waals surface area contributed by atoms with Gasteiger partial charge in [-0.15, -0.1) is 11.3 Å². The molecule has 1 amide bonds. The topological polar surface area (TPSA) is 65.4 Å². The van der Waals surface area contributed by atoms with Crippen LogP contribution in [0.4, 0.5) is 5.69 Å². The first-order valence-electron chi connectivity index (χ1n) is 8.76. The van der Waals surface area contributed by atoms with Crippen LogP contribution in [0, 0.1) is 0 Å². The lowest BCUT2D eigenvalue weighted by Crippen LogP contribution is -2.10. The normalized spacial score (nSPS) is 10.9. The van der Waals surface area contributed by atoms with Crippen LogP contribution < -0.4 is 14.8 Å². The van der Waals surface area contributed by atoms with E-state index in [1.165, 1.54) is 11.3 Å². The number of methoxy groups -OCH3 is 2. The minimum atomic E-state index is -0.205. The molecule has 29 heavy (non-hydrogen) atoms. The van der Waals surface area contributed by atoms with E-state index in [-0.39, 0.29) is 5.91 Å². The Labute approximate surface area is 176 Å². The monoisotopic (exact) mass is 427 g/mol. The van der Waals surface area contributed by atoms with E-state index in [4.69, 9.17) is 21.1 Å². The summed E-state index contributed by atoms with van der Waals surface area (Å²) in [5.41, 5.74) is 2.34. The first kappa shape index (κ1) is 19.3. The number of benzene rings is 2. The molecule has 8 heteroatoms. The van der Waals surface area contributed by atoms with Crippen LogP contribution in [0.15, 0.2) is 48.5 Å². The average molecular weight is 428 g/mol. The van der Waals surface area contributed by atoms with Gasteiger partial charge in [-0.2, -0.15) is 5.10 Å². The van der Waals surface area contributed by atoms with Crippen LogP contribution in [0.3, 0.4) is 0 Å². The van der Waals surface area contributed by atoms with Gasteiger partial charge in [0.1, 0.15) is 22.0 Å². The number of thiophene rings is 1. The van der Waals surface area contributed by atoms with Crippen molar-refractivity contribution in [3.05, 3.63) is 58.4 Å². The molecule has 0 aliphatic carbocycles. The summed E-state index contributed by atoms with van der Waals surface area (Å²) in [7, 11) is 5.05. The van der Waals surface area contributed by atoms with Crippen molar-refractivity contribution in [1.82, 2.24) is 9.78 Å². The van der Waals surface area contributed by atoms with E-state index in [1.54, 1.807) is 37.1 Å². The molecule has 0 atom stereocenters. The fraction of sp³-hybridized carbons (Fsp3) is 0.143. The SMILES string of the molecule is COc1cccc(-c2nn(C)c3sc(C(=O)Nc4ccc(OC)c(Cl)c4)cc23)c1. The molecule has 6 nitrogen and oxygen atoms in total. The number of aromatic nitrogens is 2. The molecule has 1 N–H and O–H groups in total. The number of ether oxygens (including phenoxy) is 2. The molecule has 0 unspecified atom stereocenters. The third-order valence-corrected chi connectivity index (χ3v) is 5.98. The first-order valence-corrected chi connectivity index (χ1v) is 9.95. The van der Waals surface area contributed by atoms with Crippen LogP contribution in [-0.4, -0.2) is 29.9 Å². The van der Waals surface area contributed by atoms with E-state index in [0.717, 1.165) is 27.2 Å². The van der Waals surface area contributed by atoms with E-state index in [0.29, 0.717) is 21.3 Å². The molecule has 0 aliphatic rings. The predicted molar refractivity (Wildman–Crippen MR) is 117 cm³/mol. The van der Waals surface area contributed by atoms with E-state index >= 15 is 0 Å². The zero-order valence-corrected chi connectivity index (χ0v) is 17.6. The van der Waals surface area contributed by atoms with Gasteiger partial charge in [-0.25, -0.2) is 0 Å². The lowest BCUT2D eigenvalue weighted by molar-refractivity contribution is 0.103. The van der Waals surface area contributed by atoms with Gasteiger partial charge in [0.05, 0.1) is 24.1 Å². The lowest BCUT2D eigenvalue weighted by atomic mass is 10.1. The molecule has 0 aliphatic heterocycles. The van der Waals surface area contributed by atoms with Crippen LogP contribution >= 0.6 is 22.9 Å². The minimum Gasteiger partial charge on any atom is -0.497 e. The molecule has 148 valence electrons. The van der Waals surface area contributed by atoms with Crippen LogP contribution in [0.25, 0.3) is 21.5 Å². The number of hydrogen-bond acceptors (Lipinski definition) is 5. The molecule has 0 bridgehead atoms. The number of halogens is 1. The second-order valence-corrected chi connectivity index (χ2v) is 7.77. The molecule has 0 fully saturated rings.